The molecule has 0 aliphatic carbocycles. The first-order valence-electron chi connectivity index (χ1n) is 7.83. The number of amides is 1. The van der Waals surface area contributed by atoms with Crippen LogP contribution < -0.4 is 9.64 Å². The summed E-state index contributed by atoms with van der Waals surface area (Å²) < 4.78 is 45.5. The summed E-state index contributed by atoms with van der Waals surface area (Å²) in [4.78, 5) is 15.8. The maximum Gasteiger partial charge on any atom is 0.254 e. The predicted molar refractivity (Wildman–Crippen MR) is 87.4 cm³/mol. The normalized spacial score (nSPS) is 14.6. The molecular formula is C18H17F3N2O2. The summed E-state index contributed by atoms with van der Waals surface area (Å²) in [5.74, 6) is -3.45. The van der Waals surface area contributed by atoms with Crippen LogP contribution >= 0.6 is 0 Å². The highest BCUT2D eigenvalue weighted by molar-refractivity contribution is 5.94. The number of ether oxygens (including phenoxy) is 1. The van der Waals surface area contributed by atoms with Gasteiger partial charge in [-0.2, -0.15) is 0 Å². The first kappa shape index (κ1) is 17.1. The fourth-order valence-electron chi connectivity index (χ4n) is 2.85. The second-order valence-corrected chi connectivity index (χ2v) is 5.71. The van der Waals surface area contributed by atoms with E-state index in [4.69, 9.17) is 4.74 Å². The zero-order valence-electron chi connectivity index (χ0n) is 13.6. The number of carbonyl (C=O) groups is 1. The number of carbonyl (C=O) groups excluding carboxylic acids is 1. The van der Waals surface area contributed by atoms with E-state index in [1.807, 2.05) is 0 Å². The highest BCUT2D eigenvalue weighted by atomic mass is 19.2. The molecule has 4 nitrogen and oxygen atoms in total. The third kappa shape index (κ3) is 3.40. The van der Waals surface area contributed by atoms with Gasteiger partial charge in [-0.3, -0.25) is 4.79 Å². The minimum absolute atomic E-state index is 0.00683. The number of hydrogen-bond donors (Lipinski definition) is 0. The fraction of sp³-hybridized carbons (Fsp3) is 0.278. The number of piperazine rings is 1. The van der Waals surface area contributed by atoms with Crippen molar-refractivity contribution in [2.45, 2.75) is 0 Å². The van der Waals surface area contributed by atoms with Gasteiger partial charge in [-0.1, -0.05) is 6.07 Å². The van der Waals surface area contributed by atoms with Crippen molar-refractivity contribution in [1.29, 1.82) is 0 Å². The number of halogens is 3. The molecule has 25 heavy (non-hydrogen) atoms. The Bertz CT molecular complexity index is 790. The third-order valence-corrected chi connectivity index (χ3v) is 4.24. The Morgan fingerprint density at radius 2 is 1.72 bits per heavy atom. The molecule has 1 fully saturated rings. The van der Waals surface area contributed by atoms with E-state index < -0.39 is 17.5 Å². The Kier molecular flexibility index (Phi) is 4.83. The molecule has 0 saturated carbocycles. The summed E-state index contributed by atoms with van der Waals surface area (Å²) in [5.41, 5.74) is 0.513. The molecule has 2 aromatic rings. The molecule has 7 heteroatoms. The third-order valence-electron chi connectivity index (χ3n) is 4.24. The van der Waals surface area contributed by atoms with Gasteiger partial charge in [0.15, 0.2) is 17.5 Å². The zero-order chi connectivity index (χ0) is 18.0. The maximum atomic E-state index is 13.9. The summed E-state index contributed by atoms with van der Waals surface area (Å²) >= 11 is 0. The number of hydrogen-bond acceptors (Lipinski definition) is 3. The van der Waals surface area contributed by atoms with Gasteiger partial charge in [0.05, 0.1) is 12.8 Å². The molecule has 1 aliphatic heterocycles. The van der Waals surface area contributed by atoms with Gasteiger partial charge < -0.3 is 14.5 Å². The largest absolute Gasteiger partial charge is 0.497 e. The Hall–Kier alpha value is -2.70. The van der Waals surface area contributed by atoms with Crippen molar-refractivity contribution in [3.8, 4) is 5.75 Å². The predicted octanol–water partition coefficient (Wildman–Crippen LogP) is 3.07. The lowest BCUT2D eigenvalue weighted by molar-refractivity contribution is 0.0746. The first-order valence-corrected chi connectivity index (χ1v) is 7.83. The Morgan fingerprint density at radius 3 is 2.40 bits per heavy atom. The standard InChI is InChI=1S/C18H17F3N2O2/c1-25-13-4-2-3-12(11-13)18(24)23-9-7-22(8-10-23)15-6-5-14(19)16(20)17(15)21/h2-6,11H,7-10H2,1H3. The molecule has 0 atom stereocenters. The van der Waals surface area contributed by atoms with Crippen molar-refractivity contribution in [2.75, 3.05) is 38.2 Å². The molecule has 0 radical (unpaired) electrons. The summed E-state index contributed by atoms with van der Waals surface area (Å²) in [6.45, 7) is 1.37. The number of anilines is 1. The van der Waals surface area contributed by atoms with E-state index >= 15 is 0 Å². The van der Waals surface area contributed by atoms with Crippen LogP contribution in [0.2, 0.25) is 0 Å². The van der Waals surface area contributed by atoms with Crippen LogP contribution in [0.5, 0.6) is 5.75 Å². The fourth-order valence-corrected chi connectivity index (χ4v) is 2.85. The molecule has 0 N–H and O–H groups in total. The van der Waals surface area contributed by atoms with Gasteiger partial charge in [0.25, 0.3) is 5.91 Å². The molecule has 1 amide bonds. The van der Waals surface area contributed by atoms with Crippen LogP contribution in [0.25, 0.3) is 0 Å². The molecule has 3 rings (SSSR count). The first-order chi connectivity index (χ1) is 12.0. The molecule has 0 aromatic heterocycles. The summed E-state index contributed by atoms with van der Waals surface area (Å²) in [7, 11) is 1.53. The molecule has 1 saturated heterocycles. The quantitative estimate of drug-likeness (QED) is 0.798. The van der Waals surface area contributed by atoms with Crippen molar-refractivity contribution in [3.63, 3.8) is 0 Å². The molecular weight excluding hydrogens is 333 g/mol. The smallest absolute Gasteiger partial charge is 0.254 e. The van der Waals surface area contributed by atoms with Gasteiger partial charge >= 0.3 is 0 Å². The number of methoxy groups -OCH3 is 1. The molecule has 132 valence electrons. The lowest BCUT2D eigenvalue weighted by Crippen LogP contribution is -2.49. The van der Waals surface area contributed by atoms with Crippen LogP contribution in [0.1, 0.15) is 10.4 Å². The summed E-state index contributed by atoms with van der Waals surface area (Å²) in [5, 5.41) is 0. The van der Waals surface area contributed by atoms with Gasteiger partial charge in [-0.15, -0.1) is 0 Å². The minimum Gasteiger partial charge on any atom is -0.497 e. The lowest BCUT2D eigenvalue weighted by atomic mass is 10.1. The number of benzene rings is 2. The van der Waals surface area contributed by atoms with Crippen molar-refractivity contribution >= 4 is 11.6 Å². The van der Waals surface area contributed by atoms with E-state index in [0.717, 1.165) is 6.07 Å². The molecule has 1 aliphatic rings. The van der Waals surface area contributed by atoms with Gasteiger partial charge in [0, 0.05) is 31.7 Å². The van der Waals surface area contributed by atoms with E-state index in [2.05, 4.69) is 0 Å². The zero-order valence-corrected chi connectivity index (χ0v) is 13.6. The van der Waals surface area contributed by atoms with E-state index in [0.29, 0.717) is 37.5 Å². The molecule has 1 heterocycles. The topological polar surface area (TPSA) is 32.8 Å². The van der Waals surface area contributed by atoms with Crippen molar-refractivity contribution in [2.24, 2.45) is 0 Å². The monoisotopic (exact) mass is 350 g/mol. The molecule has 0 bridgehead atoms. The molecule has 0 spiro atoms. The maximum absolute atomic E-state index is 13.9. The van der Waals surface area contributed by atoms with Crippen molar-refractivity contribution in [1.82, 2.24) is 4.90 Å². The highest BCUT2D eigenvalue weighted by Gasteiger charge is 2.25. The van der Waals surface area contributed by atoms with E-state index in [9.17, 15) is 18.0 Å². The van der Waals surface area contributed by atoms with Gasteiger partial charge in [0.1, 0.15) is 5.75 Å². The Morgan fingerprint density at radius 1 is 1.00 bits per heavy atom. The van der Waals surface area contributed by atoms with Crippen LogP contribution in [0, 0.1) is 17.5 Å². The molecule has 2 aromatic carbocycles. The lowest BCUT2D eigenvalue weighted by Gasteiger charge is -2.36. The van der Waals surface area contributed by atoms with Gasteiger partial charge in [-0.25, -0.2) is 13.2 Å². The van der Waals surface area contributed by atoms with Gasteiger partial charge in [0.2, 0.25) is 0 Å². The number of rotatable bonds is 3. The van der Waals surface area contributed by atoms with Crippen LogP contribution in [-0.2, 0) is 0 Å². The molecule has 0 unspecified atom stereocenters. The SMILES string of the molecule is COc1cccc(C(=O)N2CCN(c3ccc(F)c(F)c3F)CC2)c1. The Labute approximate surface area is 143 Å². The van der Waals surface area contributed by atoms with Gasteiger partial charge in [-0.05, 0) is 30.3 Å². The minimum atomic E-state index is -1.48. The van der Waals surface area contributed by atoms with E-state index in [1.54, 1.807) is 34.1 Å². The number of nitrogens with zero attached hydrogens (tertiary/aromatic N) is 2. The second kappa shape index (κ2) is 7.04. The highest BCUT2D eigenvalue weighted by Crippen LogP contribution is 2.25. The summed E-state index contributed by atoms with van der Waals surface area (Å²) in [6, 6.07) is 8.96. The summed E-state index contributed by atoms with van der Waals surface area (Å²) in [6.07, 6.45) is 0. The van der Waals surface area contributed by atoms with E-state index in [1.165, 1.54) is 13.2 Å². The van der Waals surface area contributed by atoms with Crippen LogP contribution in [0.15, 0.2) is 36.4 Å². The average molecular weight is 350 g/mol. The average Bonchev–Trinajstić information content (AvgIpc) is 2.66. The second-order valence-electron chi connectivity index (χ2n) is 5.71. The van der Waals surface area contributed by atoms with Crippen molar-refractivity contribution < 1.29 is 22.7 Å². The van der Waals surface area contributed by atoms with Crippen molar-refractivity contribution in [3.05, 3.63) is 59.4 Å². The Balaban J connectivity index is 1.69. The van der Waals surface area contributed by atoms with Crippen LogP contribution in [0.3, 0.4) is 0 Å². The van der Waals surface area contributed by atoms with Crippen LogP contribution in [0.4, 0.5) is 18.9 Å². The van der Waals surface area contributed by atoms with E-state index in [-0.39, 0.29) is 11.6 Å². The van der Waals surface area contributed by atoms with Crippen LogP contribution in [-0.4, -0.2) is 44.1 Å².